The molecule has 5 nitrogen and oxygen atoms in total. The number of carbonyl (C=O) groups excluding carboxylic acids is 2. The maximum atomic E-state index is 13.2. The summed E-state index contributed by atoms with van der Waals surface area (Å²) in [6, 6.07) is 14.8. The van der Waals surface area contributed by atoms with Crippen LogP contribution in [0, 0.1) is 5.82 Å². The Morgan fingerprint density at radius 3 is 2.37 bits per heavy atom. The van der Waals surface area contributed by atoms with E-state index >= 15 is 0 Å². The van der Waals surface area contributed by atoms with E-state index in [1.54, 1.807) is 24.0 Å². The summed E-state index contributed by atoms with van der Waals surface area (Å²) in [5.74, 6) is 0.0924. The van der Waals surface area contributed by atoms with Crippen molar-refractivity contribution in [1.82, 2.24) is 10.2 Å². The van der Waals surface area contributed by atoms with Gasteiger partial charge in [0.1, 0.15) is 17.6 Å². The van der Waals surface area contributed by atoms with Crippen molar-refractivity contribution in [2.24, 2.45) is 0 Å². The molecule has 2 rings (SSSR count). The molecule has 0 aromatic heterocycles. The van der Waals surface area contributed by atoms with Crippen molar-refractivity contribution in [1.29, 1.82) is 0 Å². The van der Waals surface area contributed by atoms with Gasteiger partial charge in [-0.1, -0.05) is 37.3 Å². The highest BCUT2D eigenvalue weighted by atomic mass is 19.1. The molecule has 0 radical (unpaired) electrons. The third kappa shape index (κ3) is 7.50. The molecule has 0 aliphatic carbocycles. The van der Waals surface area contributed by atoms with Gasteiger partial charge in [0.15, 0.2) is 0 Å². The number of nitrogens with zero attached hydrogens (tertiary/aromatic N) is 1. The molecule has 2 amide bonds. The standard InChI is InChI=1S/C24H31FN2O3/c1-4-18(2)26-24(29)19(3)27(17-20-12-14-21(25)15-13-20)23(28)11-8-16-30-22-9-6-5-7-10-22/h5-7,9-10,12-15,18-19H,4,8,11,16-17H2,1-3H3,(H,26,29). The highest BCUT2D eigenvalue weighted by molar-refractivity contribution is 5.87. The maximum Gasteiger partial charge on any atom is 0.242 e. The summed E-state index contributed by atoms with van der Waals surface area (Å²) >= 11 is 0. The second-order valence-electron chi connectivity index (χ2n) is 7.41. The fraction of sp³-hybridized carbons (Fsp3) is 0.417. The van der Waals surface area contributed by atoms with Gasteiger partial charge in [-0.3, -0.25) is 9.59 Å². The Morgan fingerprint density at radius 1 is 1.07 bits per heavy atom. The fourth-order valence-electron chi connectivity index (χ4n) is 2.91. The molecule has 0 saturated carbocycles. The molecular formula is C24H31FN2O3. The number of rotatable bonds is 11. The molecule has 0 heterocycles. The first-order valence-corrected chi connectivity index (χ1v) is 10.4. The molecule has 2 aromatic rings. The van der Waals surface area contributed by atoms with E-state index in [1.807, 2.05) is 44.2 Å². The van der Waals surface area contributed by atoms with Crippen molar-refractivity contribution in [2.75, 3.05) is 6.61 Å². The van der Waals surface area contributed by atoms with Gasteiger partial charge in [-0.25, -0.2) is 4.39 Å². The lowest BCUT2D eigenvalue weighted by atomic mass is 10.1. The molecule has 0 fully saturated rings. The van der Waals surface area contributed by atoms with Crippen molar-refractivity contribution in [3.63, 3.8) is 0 Å². The van der Waals surface area contributed by atoms with Crippen LogP contribution in [0.5, 0.6) is 5.75 Å². The number of halogens is 1. The van der Waals surface area contributed by atoms with Gasteiger partial charge >= 0.3 is 0 Å². The van der Waals surface area contributed by atoms with Crippen LogP contribution < -0.4 is 10.1 Å². The summed E-state index contributed by atoms with van der Waals surface area (Å²) in [6.07, 6.45) is 1.60. The number of nitrogens with one attached hydrogen (secondary N) is 1. The normalized spacial score (nSPS) is 12.7. The minimum Gasteiger partial charge on any atom is -0.494 e. The van der Waals surface area contributed by atoms with Crippen LogP contribution in [0.4, 0.5) is 4.39 Å². The van der Waals surface area contributed by atoms with Gasteiger partial charge in [0.2, 0.25) is 11.8 Å². The molecule has 0 aliphatic rings. The Hall–Kier alpha value is -2.89. The van der Waals surface area contributed by atoms with E-state index in [0.717, 1.165) is 17.7 Å². The molecule has 0 aliphatic heterocycles. The number of ether oxygens (including phenoxy) is 1. The van der Waals surface area contributed by atoms with Crippen molar-refractivity contribution in [3.05, 3.63) is 66.0 Å². The van der Waals surface area contributed by atoms with Gasteiger partial charge in [0.25, 0.3) is 0 Å². The molecule has 6 heteroatoms. The van der Waals surface area contributed by atoms with Crippen LogP contribution in [0.3, 0.4) is 0 Å². The second-order valence-corrected chi connectivity index (χ2v) is 7.41. The quantitative estimate of drug-likeness (QED) is 0.557. The number of benzene rings is 2. The van der Waals surface area contributed by atoms with Gasteiger partial charge in [-0.05, 0) is 56.5 Å². The van der Waals surface area contributed by atoms with E-state index < -0.39 is 6.04 Å². The average Bonchev–Trinajstić information content (AvgIpc) is 2.76. The smallest absolute Gasteiger partial charge is 0.242 e. The molecule has 1 N–H and O–H groups in total. The number of carbonyl (C=O) groups is 2. The first kappa shape index (κ1) is 23.4. The van der Waals surface area contributed by atoms with Gasteiger partial charge in [0, 0.05) is 19.0 Å². The Kier molecular flexibility index (Phi) is 9.32. The first-order chi connectivity index (χ1) is 14.4. The summed E-state index contributed by atoms with van der Waals surface area (Å²) in [4.78, 5) is 27.1. The Labute approximate surface area is 178 Å². The van der Waals surface area contributed by atoms with E-state index in [1.165, 1.54) is 12.1 Å². The third-order valence-corrected chi connectivity index (χ3v) is 4.98. The number of hydrogen-bond donors (Lipinski definition) is 1. The lowest BCUT2D eigenvalue weighted by Gasteiger charge is -2.29. The van der Waals surface area contributed by atoms with Gasteiger partial charge in [-0.2, -0.15) is 0 Å². The van der Waals surface area contributed by atoms with Crippen LogP contribution in [-0.4, -0.2) is 35.4 Å². The second kappa shape index (κ2) is 12.0. The summed E-state index contributed by atoms with van der Waals surface area (Å²) in [5, 5.41) is 2.93. The van der Waals surface area contributed by atoms with E-state index in [9.17, 15) is 14.0 Å². The minimum atomic E-state index is -0.633. The Morgan fingerprint density at radius 2 is 1.73 bits per heavy atom. The molecular weight excluding hydrogens is 383 g/mol. The topological polar surface area (TPSA) is 58.6 Å². The molecule has 2 unspecified atom stereocenters. The summed E-state index contributed by atoms with van der Waals surface area (Å²) in [6.45, 7) is 6.29. The first-order valence-electron chi connectivity index (χ1n) is 10.4. The fourth-order valence-corrected chi connectivity index (χ4v) is 2.91. The monoisotopic (exact) mass is 414 g/mol. The van der Waals surface area contributed by atoms with Crippen LogP contribution >= 0.6 is 0 Å². The van der Waals surface area contributed by atoms with Crippen molar-refractivity contribution in [3.8, 4) is 5.75 Å². The van der Waals surface area contributed by atoms with Gasteiger partial charge < -0.3 is 15.0 Å². The van der Waals surface area contributed by atoms with E-state index in [4.69, 9.17) is 4.74 Å². The molecule has 2 atom stereocenters. The highest BCUT2D eigenvalue weighted by Gasteiger charge is 2.26. The summed E-state index contributed by atoms with van der Waals surface area (Å²) in [5.41, 5.74) is 0.772. The van der Waals surface area contributed by atoms with Gasteiger partial charge in [0.05, 0.1) is 6.61 Å². The Bertz CT molecular complexity index is 796. The van der Waals surface area contributed by atoms with E-state index in [2.05, 4.69) is 5.32 Å². The molecule has 30 heavy (non-hydrogen) atoms. The zero-order chi connectivity index (χ0) is 21.9. The molecule has 2 aromatic carbocycles. The van der Waals surface area contributed by atoms with Crippen LogP contribution in [-0.2, 0) is 16.1 Å². The zero-order valence-corrected chi connectivity index (χ0v) is 17.9. The maximum absolute atomic E-state index is 13.2. The van der Waals surface area contributed by atoms with Crippen LogP contribution in [0.25, 0.3) is 0 Å². The van der Waals surface area contributed by atoms with Crippen LogP contribution in [0.1, 0.15) is 45.6 Å². The summed E-state index contributed by atoms with van der Waals surface area (Å²) < 4.78 is 18.9. The predicted octanol–water partition coefficient (Wildman–Crippen LogP) is 4.32. The largest absolute Gasteiger partial charge is 0.494 e. The predicted molar refractivity (Wildman–Crippen MR) is 115 cm³/mol. The van der Waals surface area contributed by atoms with Crippen molar-refractivity contribution < 1.29 is 18.7 Å². The molecule has 162 valence electrons. The lowest BCUT2D eigenvalue weighted by molar-refractivity contribution is -0.141. The minimum absolute atomic E-state index is 0.0296. The van der Waals surface area contributed by atoms with Gasteiger partial charge in [-0.15, -0.1) is 0 Å². The van der Waals surface area contributed by atoms with Crippen LogP contribution in [0.15, 0.2) is 54.6 Å². The number of amides is 2. The molecule has 0 saturated heterocycles. The number of para-hydroxylation sites is 1. The Balaban J connectivity index is 2.00. The van der Waals surface area contributed by atoms with E-state index in [-0.39, 0.29) is 36.6 Å². The molecule has 0 bridgehead atoms. The van der Waals surface area contributed by atoms with E-state index in [0.29, 0.717) is 13.0 Å². The highest BCUT2D eigenvalue weighted by Crippen LogP contribution is 2.14. The average molecular weight is 415 g/mol. The zero-order valence-electron chi connectivity index (χ0n) is 17.9. The number of hydrogen-bond acceptors (Lipinski definition) is 3. The SMILES string of the molecule is CCC(C)NC(=O)C(C)N(Cc1ccc(F)cc1)C(=O)CCCOc1ccccc1. The molecule has 0 spiro atoms. The summed E-state index contributed by atoms with van der Waals surface area (Å²) in [7, 11) is 0. The van der Waals surface area contributed by atoms with Crippen molar-refractivity contribution >= 4 is 11.8 Å². The van der Waals surface area contributed by atoms with Crippen molar-refractivity contribution in [2.45, 2.75) is 58.7 Å². The third-order valence-electron chi connectivity index (χ3n) is 4.98. The van der Waals surface area contributed by atoms with Crippen LogP contribution in [0.2, 0.25) is 0 Å². The lowest BCUT2D eigenvalue weighted by Crippen LogP contribution is -2.49.